The topological polar surface area (TPSA) is 80.1 Å². The molecule has 1 aromatic rings. The Hall–Kier alpha value is -3.02. The molecule has 1 aromatic carbocycles. The first-order chi connectivity index (χ1) is 10.6. The van der Waals surface area contributed by atoms with Crippen molar-refractivity contribution in [1.82, 2.24) is 14.8 Å². The summed E-state index contributed by atoms with van der Waals surface area (Å²) in [6, 6.07) is 9.22. The Morgan fingerprint density at radius 2 is 2.05 bits per heavy atom. The van der Waals surface area contributed by atoms with Gasteiger partial charge in [0.05, 0.1) is 16.9 Å². The number of hydrogen-bond acceptors (Lipinski definition) is 4. The molecule has 0 bridgehead atoms. The van der Waals surface area contributed by atoms with E-state index >= 15 is 0 Å². The molecule has 3 heterocycles. The first-order valence-electron chi connectivity index (χ1n) is 6.86. The van der Waals surface area contributed by atoms with E-state index in [1.54, 1.807) is 19.3 Å². The van der Waals surface area contributed by atoms with Gasteiger partial charge >= 0.3 is 0 Å². The van der Waals surface area contributed by atoms with Crippen molar-refractivity contribution >= 4 is 12.5 Å². The maximum atomic E-state index is 12.5. The molecule has 0 amide bonds. The molecule has 3 aliphatic rings. The minimum atomic E-state index is -0.941. The Morgan fingerprint density at radius 3 is 2.77 bits per heavy atom. The molecule has 108 valence electrons. The number of nitrogens with one attached hydrogen (secondary N) is 1. The lowest BCUT2D eigenvalue weighted by molar-refractivity contribution is -0.111. The molecule has 6 heteroatoms. The molecule has 0 radical (unpaired) electrons. The van der Waals surface area contributed by atoms with Gasteiger partial charge in [-0.05, 0) is 19.1 Å². The molecule has 22 heavy (non-hydrogen) atoms. The van der Waals surface area contributed by atoms with Gasteiger partial charge in [-0.3, -0.25) is 9.79 Å². The lowest BCUT2D eigenvalue weighted by atomic mass is 9.97. The number of rotatable bonds is 2. The standard InChI is InChI=1S/C16H12N4O2/c1-16(9-21)14-11(8-18-16)13-12(7-17-14)15(22)20(19-13)10-5-3-2-4-6-10/h2-9,17H,1H3. The number of carbonyl (C=O) groups excluding carboxylic acids is 1. The van der Waals surface area contributed by atoms with Crippen LogP contribution in [0.3, 0.4) is 0 Å². The van der Waals surface area contributed by atoms with E-state index in [0.29, 0.717) is 28.2 Å². The van der Waals surface area contributed by atoms with Crippen LogP contribution < -0.4 is 5.56 Å². The van der Waals surface area contributed by atoms with E-state index in [0.717, 1.165) is 6.29 Å². The summed E-state index contributed by atoms with van der Waals surface area (Å²) >= 11 is 0. The SMILES string of the molecule is CC1(C=O)N=Cc2c3nn(-c4ccccc4)c(=O)c-3c[nH]c21. The Balaban J connectivity index is 2.01. The number of carbonyl (C=O) groups is 1. The van der Waals surface area contributed by atoms with E-state index in [1.165, 1.54) is 4.68 Å². The van der Waals surface area contributed by atoms with Crippen molar-refractivity contribution < 1.29 is 4.79 Å². The molecule has 1 atom stereocenters. The van der Waals surface area contributed by atoms with Crippen LogP contribution in [0.15, 0.2) is 46.3 Å². The third kappa shape index (κ3) is 1.54. The van der Waals surface area contributed by atoms with Crippen molar-refractivity contribution in [2.45, 2.75) is 12.5 Å². The highest BCUT2D eigenvalue weighted by molar-refractivity contribution is 5.97. The number of nitrogens with zero attached hydrogens (tertiary/aromatic N) is 3. The van der Waals surface area contributed by atoms with Crippen molar-refractivity contribution in [2.24, 2.45) is 4.99 Å². The lowest BCUT2D eigenvalue weighted by Gasteiger charge is -2.14. The molecule has 0 spiro atoms. The molecular weight excluding hydrogens is 280 g/mol. The first-order valence-corrected chi connectivity index (χ1v) is 6.86. The minimum Gasteiger partial charge on any atom is -0.361 e. The summed E-state index contributed by atoms with van der Waals surface area (Å²) in [4.78, 5) is 31.1. The number of para-hydroxylation sites is 1. The largest absolute Gasteiger partial charge is 0.361 e. The van der Waals surface area contributed by atoms with E-state index in [-0.39, 0.29) is 5.56 Å². The van der Waals surface area contributed by atoms with E-state index in [2.05, 4.69) is 15.1 Å². The van der Waals surface area contributed by atoms with Crippen molar-refractivity contribution in [3.05, 3.63) is 58.1 Å². The second-order valence-electron chi connectivity index (χ2n) is 5.42. The Morgan fingerprint density at radius 1 is 1.27 bits per heavy atom. The summed E-state index contributed by atoms with van der Waals surface area (Å²) in [6.45, 7) is 1.72. The average molecular weight is 292 g/mol. The van der Waals surface area contributed by atoms with Gasteiger partial charge in [0.25, 0.3) is 5.56 Å². The third-order valence-corrected chi connectivity index (χ3v) is 3.96. The predicted octanol–water partition coefficient (Wildman–Crippen LogP) is 1.51. The van der Waals surface area contributed by atoms with Gasteiger partial charge in [-0.2, -0.15) is 9.78 Å². The third-order valence-electron chi connectivity index (χ3n) is 3.96. The highest BCUT2D eigenvalue weighted by Crippen LogP contribution is 2.34. The molecular formula is C16H12N4O2. The Bertz CT molecular complexity index is 939. The van der Waals surface area contributed by atoms with Crippen molar-refractivity contribution in [3.8, 4) is 16.9 Å². The number of benzene rings is 1. The predicted molar refractivity (Wildman–Crippen MR) is 81.8 cm³/mol. The zero-order valence-corrected chi connectivity index (χ0v) is 11.8. The van der Waals surface area contributed by atoms with Crippen LogP contribution in [0.4, 0.5) is 0 Å². The van der Waals surface area contributed by atoms with Crippen molar-refractivity contribution in [3.63, 3.8) is 0 Å². The number of aldehydes is 1. The van der Waals surface area contributed by atoms with E-state index in [9.17, 15) is 9.59 Å². The number of fused-ring (bicyclic) bond motifs is 3. The molecule has 1 unspecified atom stereocenters. The van der Waals surface area contributed by atoms with Gasteiger partial charge in [-0.25, -0.2) is 0 Å². The number of aromatic amines is 1. The Kier molecular flexibility index (Phi) is 2.45. The van der Waals surface area contributed by atoms with Gasteiger partial charge in [0, 0.05) is 18.0 Å². The van der Waals surface area contributed by atoms with Gasteiger partial charge in [0.15, 0.2) is 11.8 Å². The summed E-state index contributed by atoms with van der Waals surface area (Å²) in [5.41, 5.74) is 1.94. The number of hydrogen-bond donors (Lipinski definition) is 1. The highest BCUT2D eigenvalue weighted by atomic mass is 16.1. The fraction of sp³-hybridized carbons (Fsp3) is 0.125. The number of H-pyrrole nitrogens is 1. The van der Waals surface area contributed by atoms with Gasteiger partial charge < -0.3 is 9.78 Å². The fourth-order valence-electron chi connectivity index (χ4n) is 2.73. The molecule has 0 saturated carbocycles. The molecule has 0 aliphatic carbocycles. The van der Waals surface area contributed by atoms with Crippen LogP contribution in [0.1, 0.15) is 18.2 Å². The van der Waals surface area contributed by atoms with Gasteiger partial charge in [0.2, 0.25) is 0 Å². The summed E-state index contributed by atoms with van der Waals surface area (Å²) in [7, 11) is 0. The Labute approximate surface area is 125 Å². The number of aromatic nitrogens is 3. The average Bonchev–Trinajstić information content (AvgIpc) is 3.07. The summed E-state index contributed by atoms with van der Waals surface area (Å²) < 4.78 is 1.36. The normalized spacial score (nSPS) is 19.5. The number of aliphatic imine (C=N–C) groups is 1. The van der Waals surface area contributed by atoms with E-state index in [4.69, 9.17) is 0 Å². The molecule has 0 aromatic heterocycles. The second-order valence-corrected chi connectivity index (χ2v) is 5.42. The zero-order chi connectivity index (χ0) is 15.3. The van der Waals surface area contributed by atoms with Crippen LogP contribution in [-0.2, 0) is 10.3 Å². The van der Waals surface area contributed by atoms with Crippen LogP contribution in [-0.4, -0.2) is 27.3 Å². The van der Waals surface area contributed by atoms with Gasteiger partial charge in [0.1, 0.15) is 5.69 Å². The van der Waals surface area contributed by atoms with Crippen LogP contribution in [0.2, 0.25) is 0 Å². The molecule has 1 N–H and O–H groups in total. The summed E-state index contributed by atoms with van der Waals surface area (Å²) in [5.74, 6) is 0. The lowest BCUT2D eigenvalue weighted by Crippen LogP contribution is -2.20. The summed E-state index contributed by atoms with van der Waals surface area (Å²) in [5, 5.41) is 4.43. The van der Waals surface area contributed by atoms with Crippen LogP contribution in [0, 0.1) is 0 Å². The minimum absolute atomic E-state index is 0.201. The monoisotopic (exact) mass is 292 g/mol. The maximum Gasteiger partial charge on any atom is 0.282 e. The smallest absolute Gasteiger partial charge is 0.282 e. The van der Waals surface area contributed by atoms with E-state index in [1.807, 2.05) is 30.3 Å². The maximum absolute atomic E-state index is 12.5. The highest BCUT2D eigenvalue weighted by Gasteiger charge is 2.36. The molecule has 0 fully saturated rings. The number of pyridine rings is 1. The second kappa shape index (κ2) is 4.24. The molecule has 6 nitrogen and oxygen atoms in total. The fourth-order valence-corrected chi connectivity index (χ4v) is 2.73. The zero-order valence-electron chi connectivity index (χ0n) is 11.8. The first kappa shape index (κ1) is 12.7. The van der Waals surface area contributed by atoms with Crippen LogP contribution >= 0.6 is 0 Å². The van der Waals surface area contributed by atoms with Gasteiger partial charge in [-0.15, -0.1) is 0 Å². The molecule has 3 aliphatic heterocycles. The van der Waals surface area contributed by atoms with Crippen LogP contribution in [0.5, 0.6) is 0 Å². The summed E-state index contributed by atoms with van der Waals surface area (Å²) in [6.07, 6.45) is 3.98. The van der Waals surface area contributed by atoms with Crippen molar-refractivity contribution in [1.29, 1.82) is 0 Å². The quantitative estimate of drug-likeness (QED) is 0.727. The molecule has 4 rings (SSSR count). The van der Waals surface area contributed by atoms with Gasteiger partial charge in [-0.1, -0.05) is 18.2 Å². The molecule has 0 saturated heterocycles. The van der Waals surface area contributed by atoms with Crippen molar-refractivity contribution in [2.75, 3.05) is 0 Å². The van der Waals surface area contributed by atoms with E-state index < -0.39 is 5.54 Å². The van der Waals surface area contributed by atoms with Crippen LogP contribution in [0.25, 0.3) is 16.9 Å².